The minimum atomic E-state index is 0.267. The molecule has 0 saturated heterocycles. The summed E-state index contributed by atoms with van der Waals surface area (Å²) in [6.07, 6.45) is 5.18. The predicted octanol–water partition coefficient (Wildman–Crippen LogP) is 2.56. The van der Waals surface area contributed by atoms with Crippen molar-refractivity contribution in [1.82, 2.24) is 5.32 Å². The second-order valence-electron chi connectivity index (χ2n) is 2.89. The molecule has 0 aromatic rings. The van der Waals surface area contributed by atoms with E-state index in [1.165, 1.54) is 0 Å². The average molecular weight is 176 g/mol. The fraction of sp³-hybridized carbons (Fsp3) is 0.778. The van der Waals surface area contributed by atoms with E-state index in [0.717, 1.165) is 13.0 Å². The predicted molar refractivity (Wildman–Crippen MR) is 52.2 cm³/mol. The van der Waals surface area contributed by atoms with Gasteiger partial charge in [0, 0.05) is 18.0 Å². The highest BCUT2D eigenvalue weighted by atomic mass is 35.5. The SMILES string of the molecule is C/C=C/CNC(C)CC(C)Cl. The third-order valence-corrected chi connectivity index (χ3v) is 1.68. The molecule has 0 saturated carbocycles. The molecule has 2 atom stereocenters. The molecule has 0 amide bonds. The van der Waals surface area contributed by atoms with E-state index in [1.54, 1.807) is 0 Å². The Kier molecular flexibility index (Phi) is 6.68. The molecule has 0 aliphatic carbocycles. The fourth-order valence-corrected chi connectivity index (χ4v) is 1.22. The molecule has 1 nitrogen and oxygen atoms in total. The lowest BCUT2D eigenvalue weighted by Gasteiger charge is -2.12. The Morgan fingerprint density at radius 3 is 2.55 bits per heavy atom. The number of rotatable bonds is 5. The van der Waals surface area contributed by atoms with Crippen molar-refractivity contribution in [1.29, 1.82) is 0 Å². The van der Waals surface area contributed by atoms with Crippen molar-refractivity contribution in [2.45, 2.75) is 38.6 Å². The molecule has 0 aliphatic rings. The summed E-state index contributed by atoms with van der Waals surface area (Å²) in [7, 11) is 0. The summed E-state index contributed by atoms with van der Waals surface area (Å²) in [5, 5.41) is 3.61. The molecular weight excluding hydrogens is 158 g/mol. The monoisotopic (exact) mass is 175 g/mol. The zero-order valence-corrected chi connectivity index (χ0v) is 8.36. The molecule has 0 heterocycles. The van der Waals surface area contributed by atoms with Gasteiger partial charge in [-0.25, -0.2) is 0 Å². The van der Waals surface area contributed by atoms with Crippen molar-refractivity contribution in [3.05, 3.63) is 12.2 Å². The van der Waals surface area contributed by atoms with Crippen LogP contribution < -0.4 is 5.32 Å². The van der Waals surface area contributed by atoms with E-state index in [0.29, 0.717) is 6.04 Å². The van der Waals surface area contributed by atoms with Crippen molar-refractivity contribution in [3.8, 4) is 0 Å². The summed E-state index contributed by atoms with van der Waals surface area (Å²) in [6.45, 7) is 7.15. The molecule has 0 bridgehead atoms. The molecule has 0 radical (unpaired) electrons. The second kappa shape index (κ2) is 6.68. The van der Waals surface area contributed by atoms with Crippen LogP contribution in [0.3, 0.4) is 0 Å². The average Bonchev–Trinajstić information content (AvgIpc) is 1.86. The lowest BCUT2D eigenvalue weighted by Crippen LogP contribution is -2.27. The van der Waals surface area contributed by atoms with E-state index >= 15 is 0 Å². The van der Waals surface area contributed by atoms with Crippen LogP contribution >= 0.6 is 11.6 Å². The first-order valence-corrected chi connectivity index (χ1v) is 4.59. The Labute approximate surface area is 74.8 Å². The number of alkyl halides is 1. The topological polar surface area (TPSA) is 12.0 Å². The summed E-state index contributed by atoms with van der Waals surface area (Å²) in [5.74, 6) is 0. The van der Waals surface area contributed by atoms with Gasteiger partial charge in [0.15, 0.2) is 0 Å². The number of halogens is 1. The van der Waals surface area contributed by atoms with Gasteiger partial charge < -0.3 is 5.32 Å². The Morgan fingerprint density at radius 2 is 2.09 bits per heavy atom. The molecule has 0 aromatic heterocycles. The highest BCUT2D eigenvalue weighted by Gasteiger charge is 2.03. The molecule has 0 fully saturated rings. The Hall–Kier alpha value is -0.0100. The molecule has 0 rings (SSSR count). The third-order valence-electron chi connectivity index (χ3n) is 1.50. The Morgan fingerprint density at radius 1 is 1.45 bits per heavy atom. The lowest BCUT2D eigenvalue weighted by molar-refractivity contribution is 0.539. The van der Waals surface area contributed by atoms with Crippen LogP contribution in [0.5, 0.6) is 0 Å². The van der Waals surface area contributed by atoms with Crippen LogP contribution in [0.25, 0.3) is 0 Å². The van der Waals surface area contributed by atoms with Crippen molar-refractivity contribution in [3.63, 3.8) is 0 Å². The molecule has 0 aliphatic heterocycles. The molecule has 1 N–H and O–H groups in total. The molecule has 66 valence electrons. The molecule has 11 heavy (non-hydrogen) atoms. The largest absolute Gasteiger partial charge is 0.311 e. The van der Waals surface area contributed by atoms with Gasteiger partial charge in [0.1, 0.15) is 0 Å². The van der Waals surface area contributed by atoms with E-state index < -0.39 is 0 Å². The van der Waals surface area contributed by atoms with Crippen LogP contribution in [0.15, 0.2) is 12.2 Å². The quantitative estimate of drug-likeness (QED) is 0.500. The summed E-state index contributed by atoms with van der Waals surface area (Å²) < 4.78 is 0. The van der Waals surface area contributed by atoms with Gasteiger partial charge in [-0.2, -0.15) is 0 Å². The first kappa shape index (κ1) is 11.0. The molecular formula is C9H18ClN. The minimum Gasteiger partial charge on any atom is -0.311 e. The van der Waals surface area contributed by atoms with Crippen LogP contribution in [0.2, 0.25) is 0 Å². The van der Waals surface area contributed by atoms with Crippen LogP contribution in [0, 0.1) is 0 Å². The zero-order chi connectivity index (χ0) is 8.69. The van der Waals surface area contributed by atoms with E-state index in [-0.39, 0.29) is 5.38 Å². The van der Waals surface area contributed by atoms with Gasteiger partial charge in [-0.3, -0.25) is 0 Å². The number of hydrogen-bond donors (Lipinski definition) is 1. The van der Waals surface area contributed by atoms with Crippen LogP contribution in [0.1, 0.15) is 27.2 Å². The van der Waals surface area contributed by atoms with Gasteiger partial charge >= 0.3 is 0 Å². The van der Waals surface area contributed by atoms with Crippen LogP contribution in [-0.2, 0) is 0 Å². The summed E-state index contributed by atoms with van der Waals surface area (Å²) in [4.78, 5) is 0. The summed E-state index contributed by atoms with van der Waals surface area (Å²) in [5.41, 5.74) is 0. The Balaban J connectivity index is 3.29. The van der Waals surface area contributed by atoms with Crippen molar-refractivity contribution >= 4 is 11.6 Å². The Bertz CT molecular complexity index is 110. The summed E-state index contributed by atoms with van der Waals surface area (Å²) in [6, 6.07) is 0.513. The molecule has 2 unspecified atom stereocenters. The van der Waals surface area contributed by atoms with Gasteiger partial charge in [0.25, 0.3) is 0 Å². The van der Waals surface area contributed by atoms with Gasteiger partial charge in [-0.05, 0) is 27.2 Å². The van der Waals surface area contributed by atoms with Crippen LogP contribution in [-0.4, -0.2) is 18.0 Å². The highest BCUT2D eigenvalue weighted by molar-refractivity contribution is 6.20. The normalized spacial score (nSPS) is 17.1. The van der Waals surface area contributed by atoms with E-state index in [2.05, 4.69) is 18.3 Å². The lowest BCUT2D eigenvalue weighted by atomic mass is 10.2. The maximum atomic E-state index is 5.83. The number of nitrogens with one attached hydrogen (secondary N) is 1. The fourth-order valence-electron chi connectivity index (χ4n) is 0.958. The standard InChI is InChI=1S/C9H18ClN/c1-4-5-6-11-9(3)7-8(2)10/h4-5,8-9,11H,6-7H2,1-3H3/b5-4+. The first-order chi connectivity index (χ1) is 5.16. The third kappa shape index (κ3) is 7.89. The summed E-state index contributed by atoms with van der Waals surface area (Å²) >= 11 is 5.83. The van der Waals surface area contributed by atoms with E-state index in [4.69, 9.17) is 11.6 Å². The number of allylic oxidation sites excluding steroid dienone is 1. The van der Waals surface area contributed by atoms with Crippen molar-refractivity contribution in [2.24, 2.45) is 0 Å². The molecule has 0 aromatic carbocycles. The first-order valence-electron chi connectivity index (χ1n) is 4.15. The number of hydrogen-bond acceptors (Lipinski definition) is 1. The molecule has 0 spiro atoms. The van der Waals surface area contributed by atoms with Crippen molar-refractivity contribution in [2.75, 3.05) is 6.54 Å². The van der Waals surface area contributed by atoms with E-state index in [1.807, 2.05) is 19.9 Å². The maximum Gasteiger partial charge on any atom is 0.0322 e. The second-order valence-corrected chi connectivity index (χ2v) is 3.64. The highest BCUT2D eigenvalue weighted by Crippen LogP contribution is 2.03. The smallest absolute Gasteiger partial charge is 0.0322 e. The maximum absolute atomic E-state index is 5.83. The van der Waals surface area contributed by atoms with Gasteiger partial charge in [-0.15, -0.1) is 11.6 Å². The van der Waals surface area contributed by atoms with Crippen LogP contribution in [0.4, 0.5) is 0 Å². The van der Waals surface area contributed by atoms with E-state index in [9.17, 15) is 0 Å². The van der Waals surface area contributed by atoms with Gasteiger partial charge in [-0.1, -0.05) is 12.2 Å². The molecule has 2 heteroatoms. The van der Waals surface area contributed by atoms with Gasteiger partial charge in [0.05, 0.1) is 0 Å². The van der Waals surface area contributed by atoms with Gasteiger partial charge in [0.2, 0.25) is 0 Å². The van der Waals surface area contributed by atoms with Crippen molar-refractivity contribution < 1.29 is 0 Å². The zero-order valence-electron chi connectivity index (χ0n) is 7.60. The minimum absolute atomic E-state index is 0.267.